The van der Waals surface area contributed by atoms with Crippen molar-refractivity contribution < 1.29 is 14.3 Å². The minimum atomic E-state index is -0.327. The van der Waals surface area contributed by atoms with E-state index in [0.29, 0.717) is 19.8 Å². The molecule has 0 bridgehead atoms. The monoisotopic (exact) mass is 397 g/mol. The van der Waals surface area contributed by atoms with Crippen molar-refractivity contribution >= 4 is 5.91 Å². The fourth-order valence-electron chi connectivity index (χ4n) is 3.81. The number of hydrogen-bond acceptors (Lipinski definition) is 5. The van der Waals surface area contributed by atoms with Crippen LogP contribution >= 0.6 is 0 Å². The van der Waals surface area contributed by atoms with Gasteiger partial charge >= 0.3 is 0 Å². The van der Waals surface area contributed by atoms with Crippen molar-refractivity contribution in [2.75, 3.05) is 54.1 Å². The van der Waals surface area contributed by atoms with Gasteiger partial charge in [0.15, 0.2) is 0 Å². The summed E-state index contributed by atoms with van der Waals surface area (Å²) in [5.74, 6) is 0.824. The molecule has 1 fully saturated rings. The van der Waals surface area contributed by atoms with Crippen molar-refractivity contribution in [2.45, 2.75) is 12.1 Å². The van der Waals surface area contributed by atoms with Crippen LogP contribution in [0.1, 0.15) is 23.2 Å². The maximum absolute atomic E-state index is 13.1. The number of rotatable bonds is 8. The summed E-state index contributed by atoms with van der Waals surface area (Å²) in [6.45, 7) is 3.63. The highest BCUT2D eigenvalue weighted by atomic mass is 16.5. The molecule has 2 aromatic carbocycles. The van der Waals surface area contributed by atoms with Crippen molar-refractivity contribution in [1.82, 2.24) is 15.1 Å². The van der Waals surface area contributed by atoms with Gasteiger partial charge in [-0.1, -0.05) is 42.5 Å². The maximum Gasteiger partial charge on any atom is 0.242 e. The van der Waals surface area contributed by atoms with Crippen LogP contribution in [0.3, 0.4) is 0 Å². The quantitative estimate of drug-likeness (QED) is 0.742. The molecule has 0 radical (unpaired) electrons. The Kier molecular flexibility index (Phi) is 7.63. The molecule has 1 amide bonds. The number of nitrogens with one attached hydrogen (secondary N) is 1. The summed E-state index contributed by atoms with van der Waals surface area (Å²) in [5.41, 5.74) is 2.12. The molecular weight excluding hydrogens is 366 g/mol. The minimum Gasteiger partial charge on any atom is -0.497 e. The topological polar surface area (TPSA) is 54.0 Å². The average molecular weight is 398 g/mol. The van der Waals surface area contributed by atoms with Gasteiger partial charge in [0.05, 0.1) is 26.4 Å². The molecule has 29 heavy (non-hydrogen) atoms. The largest absolute Gasteiger partial charge is 0.497 e. The number of carbonyl (C=O) groups is 1. The molecule has 1 aliphatic heterocycles. The SMILES string of the molecule is COc1cccc(C(CNC(=O)C(c2ccccc2)N(C)C)N2CCOCC2)c1. The van der Waals surface area contributed by atoms with Crippen LogP contribution in [-0.4, -0.2) is 69.8 Å². The summed E-state index contributed by atoms with van der Waals surface area (Å²) in [4.78, 5) is 17.4. The zero-order valence-corrected chi connectivity index (χ0v) is 17.5. The number of likely N-dealkylation sites (N-methyl/N-ethyl adjacent to an activating group) is 1. The van der Waals surface area contributed by atoms with Gasteiger partial charge < -0.3 is 14.8 Å². The second kappa shape index (κ2) is 10.4. The van der Waals surface area contributed by atoms with Gasteiger partial charge in [0.2, 0.25) is 5.91 Å². The predicted molar refractivity (Wildman–Crippen MR) is 114 cm³/mol. The van der Waals surface area contributed by atoms with Crippen LogP contribution in [0.15, 0.2) is 54.6 Å². The summed E-state index contributed by atoms with van der Waals surface area (Å²) in [7, 11) is 5.53. The molecule has 0 aliphatic carbocycles. The van der Waals surface area contributed by atoms with Crippen LogP contribution in [0.5, 0.6) is 5.75 Å². The predicted octanol–water partition coefficient (Wildman–Crippen LogP) is 2.49. The van der Waals surface area contributed by atoms with Crippen molar-refractivity contribution in [2.24, 2.45) is 0 Å². The van der Waals surface area contributed by atoms with Crippen LogP contribution in [0.2, 0.25) is 0 Å². The Morgan fingerprint density at radius 3 is 2.45 bits per heavy atom. The van der Waals surface area contributed by atoms with Crippen molar-refractivity contribution in [3.63, 3.8) is 0 Å². The van der Waals surface area contributed by atoms with Crippen LogP contribution in [0.25, 0.3) is 0 Å². The van der Waals surface area contributed by atoms with Gasteiger partial charge in [-0.2, -0.15) is 0 Å². The van der Waals surface area contributed by atoms with Crippen molar-refractivity contribution in [1.29, 1.82) is 0 Å². The van der Waals surface area contributed by atoms with Crippen molar-refractivity contribution in [3.8, 4) is 5.75 Å². The summed E-state index contributed by atoms with van der Waals surface area (Å²) in [5, 5.41) is 3.19. The van der Waals surface area contributed by atoms with E-state index >= 15 is 0 Å². The lowest BCUT2D eigenvalue weighted by atomic mass is 10.0. The van der Waals surface area contributed by atoms with Gasteiger partial charge in [0, 0.05) is 19.6 Å². The van der Waals surface area contributed by atoms with Crippen LogP contribution in [-0.2, 0) is 9.53 Å². The molecule has 1 heterocycles. The van der Waals surface area contributed by atoms with Crippen LogP contribution in [0.4, 0.5) is 0 Å². The lowest BCUT2D eigenvalue weighted by molar-refractivity contribution is -0.126. The van der Waals surface area contributed by atoms with E-state index in [1.807, 2.05) is 67.5 Å². The van der Waals surface area contributed by atoms with Crippen LogP contribution < -0.4 is 10.1 Å². The van der Waals surface area contributed by atoms with Gasteiger partial charge in [-0.25, -0.2) is 0 Å². The first-order valence-electron chi connectivity index (χ1n) is 10.0. The first-order valence-corrected chi connectivity index (χ1v) is 10.0. The van der Waals surface area contributed by atoms with Gasteiger partial charge in [0.25, 0.3) is 0 Å². The lowest BCUT2D eigenvalue weighted by Crippen LogP contribution is -2.45. The Bertz CT molecular complexity index is 776. The Balaban J connectivity index is 1.77. The number of amides is 1. The molecule has 1 saturated heterocycles. The molecule has 3 rings (SSSR count). The molecule has 2 unspecified atom stereocenters. The summed E-state index contributed by atoms with van der Waals surface area (Å²) >= 11 is 0. The fraction of sp³-hybridized carbons (Fsp3) is 0.435. The molecule has 6 heteroatoms. The molecule has 1 aliphatic rings. The Morgan fingerprint density at radius 1 is 1.10 bits per heavy atom. The van der Waals surface area contributed by atoms with Gasteiger partial charge in [-0.3, -0.25) is 14.6 Å². The highest BCUT2D eigenvalue weighted by molar-refractivity contribution is 5.83. The van der Waals surface area contributed by atoms with E-state index in [4.69, 9.17) is 9.47 Å². The standard InChI is InChI=1S/C23H31N3O3/c1-25(2)22(18-8-5-4-6-9-18)23(27)24-17-21(26-12-14-29-15-13-26)19-10-7-11-20(16-19)28-3/h4-11,16,21-22H,12-15,17H2,1-3H3,(H,24,27). The van der Waals surface area contributed by atoms with Crippen LogP contribution in [0, 0.1) is 0 Å². The molecule has 2 atom stereocenters. The summed E-state index contributed by atoms with van der Waals surface area (Å²) < 4.78 is 10.9. The third-order valence-corrected chi connectivity index (χ3v) is 5.31. The number of morpholine rings is 1. The fourth-order valence-corrected chi connectivity index (χ4v) is 3.81. The number of nitrogens with zero attached hydrogens (tertiary/aromatic N) is 2. The first-order chi connectivity index (χ1) is 14.1. The summed E-state index contributed by atoms with van der Waals surface area (Å²) in [6, 6.07) is 17.7. The molecule has 0 spiro atoms. The van der Waals surface area contributed by atoms with E-state index in [2.05, 4.69) is 16.3 Å². The minimum absolute atomic E-state index is 0.00218. The lowest BCUT2D eigenvalue weighted by Gasteiger charge is -2.35. The average Bonchev–Trinajstić information content (AvgIpc) is 2.75. The Morgan fingerprint density at radius 2 is 1.79 bits per heavy atom. The maximum atomic E-state index is 13.1. The van der Waals surface area contributed by atoms with E-state index in [-0.39, 0.29) is 18.0 Å². The Hall–Kier alpha value is -2.41. The smallest absolute Gasteiger partial charge is 0.242 e. The normalized spacial score (nSPS) is 17.0. The molecule has 156 valence electrons. The van der Waals surface area contributed by atoms with E-state index < -0.39 is 0 Å². The molecule has 2 aromatic rings. The number of ether oxygens (including phenoxy) is 2. The highest BCUT2D eigenvalue weighted by Gasteiger charge is 2.27. The number of carbonyl (C=O) groups excluding carboxylic acids is 1. The zero-order chi connectivity index (χ0) is 20.6. The number of methoxy groups -OCH3 is 1. The molecule has 0 aromatic heterocycles. The zero-order valence-electron chi connectivity index (χ0n) is 17.5. The van der Waals surface area contributed by atoms with E-state index in [9.17, 15) is 4.79 Å². The van der Waals surface area contributed by atoms with Gasteiger partial charge in [0.1, 0.15) is 11.8 Å². The highest BCUT2D eigenvalue weighted by Crippen LogP contribution is 2.25. The van der Waals surface area contributed by atoms with Gasteiger partial charge in [-0.15, -0.1) is 0 Å². The van der Waals surface area contributed by atoms with E-state index in [1.54, 1.807) is 7.11 Å². The number of hydrogen-bond donors (Lipinski definition) is 1. The molecule has 0 saturated carbocycles. The second-order valence-corrected chi connectivity index (χ2v) is 7.46. The van der Waals surface area contributed by atoms with Gasteiger partial charge in [-0.05, 0) is 37.4 Å². The summed E-state index contributed by atoms with van der Waals surface area (Å²) in [6.07, 6.45) is 0. The molecule has 1 N–H and O–H groups in total. The number of benzene rings is 2. The Labute approximate surface area is 173 Å². The van der Waals surface area contributed by atoms with Crippen molar-refractivity contribution in [3.05, 3.63) is 65.7 Å². The third kappa shape index (κ3) is 5.56. The second-order valence-electron chi connectivity index (χ2n) is 7.46. The molecular formula is C23H31N3O3. The first kappa shape index (κ1) is 21.3. The van der Waals surface area contributed by atoms with E-state index in [0.717, 1.165) is 30.0 Å². The molecule has 6 nitrogen and oxygen atoms in total. The third-order valence-electron chi connectivity index (χ3n) is 5.31. The van der Waals surface area contributed by atoms with E-state index in [1.165, 1.54) is 0 Å².